The monoisotopic (exact) mass is 290 g/mol. The third-order valence-electron chi connectivity index (χ3n) is 2.80. The molecule has 102 valence electrons. The van der Waals surface area contributed by atoms with Gasteiger partial charge in [0.2, 0.25) is 0 Å². The highest BCUT2D eigenvalue weighted by Gasteiger charge is 2.08. The average Bonchev–Trinajstić information content (AvgIpc) is 2.93. The van der Waals surface area contributed by atoms with Crippen molar-refractivity contribution in [1.82, 2.24) is 25.3 Å². The summed E-state index contributed by atoms with van der Waals surface area (Å²) < 4.78 is 1.32. The van der Waals surface area contributed by atoms with E-state index in [0.29, 0.717) is 23.0 Å². The second-order valence-corrected chi connectivity index (χ2v) is 4.63. The zero-order valence-electron chi connectivity index (χ0n) is 10.3. The van der Waals surface area contributed by atoms with Gasteiger partial charge >= 0.3 is 0 Å². The molecule has 1 aromatic carbocycles. The zero-order chi connectivity index (χ0) is 13.9. The molecule has 8 heteroatoms. The van der Waals surface area contributed by atoms with Crippen molar-refractivity contribution < 1.29 is 5.11 Å². The van der Waals surface area contributed by atoms with E-state index in [2.05, 4.69) is 25.9 Å². The van der Waals surface area contributed by atoms with Crippen LogP contribution in [0.25, 0.3) is 5.65 Å². The fraction of sp³-hybridized carbons (Fsp3) is 0.167. The number of nitrogens with zero attached hydrogens (tertiary/aromatic N) is 5. The summed E-state index contributed by atoms with van der Waals surface area (Å²) in [6, 6.07) is 10.5. The molecule has 3 aromatic rings. The molecule has 0 bridgehead atoms. The molecular formula is C12H11ClN6O. The number of fused-ring (bicyclic) bond motifs is 1. The Labute approximate surface area is 119 Å². The maximum atomic E-state index is 10.1. The fourth-order valence-electron chi connectivity index (χ4n) is 1.75. The highest BCUT2D eigenvalue weighted by molar-refractivity contribution is 6.30. The lowest BCUT2D eigenvalue weighted by Gasteiger charge is -2.12. The van der Waals surface area contributed by atoms with Gasteiger partial charge in [-0.1, -0.05) is 23.7 Å². The van der Waals surface area contributed by atoms with E-state index in [1.54, 1.807) is 36.4 Å². The van der Waals surface area contributed by atoms with E-state index in [9.17, 15) is 5.11 Å². The second-order valence-electron chi connectivity index (χ2n) is 4.19. The van der Waals surface area contributed by atoms with Crippen LogP contribution in [0.15, 0.2) is 36.4 Å². The van der Waals surface area contributed by atoms with Crippen LogP contribution in [0, 0.1) is 0 Å². The van der Waals surface area contributed by atoms with Crippen LogP contribution in [-0.4, -0.2) is 36.9 Å². The van der Waals surface area contributed by atoms with E-state index in [0.717, 1.165) is 5.56 Å². The molecule has 20 heavy (non-hydrogen) atoms. The Balaban J connectivity index is 1.67. The third kappa shape index (κ3) is 2.68. The number of benzene rings is 1. The van der Waals surface area contributed by atoms with Gasteiger partial charge in [0.15, 0.2) is 5.65 Å². The van der Waals surface area contributed by atoms with E-state index in [-0.39, 0.29) is 0 Å². The van der Waals surface area contributed by atoms with Crippen LogP contribution >= 0.6 is 11.6 Å². The van der Waals surface area contributed by atoms with Crippen LogP contribution in [0.1, 0.15) is 11.7 Å². The largest absolute Gasteiger partial charge is 0.387 e. The molecule has 0 aliphatic heterocycles. The summed E-state index contributed by atoms with van der Waals surface area (Å²) in [5, 5.41) is 28.9. The molecule has 0 spiro atoms. The molecule has 2 heterocycles. The standard InChI is InChI=1S/C12H11ClN6O/c13-9-3-1-8(2-4-9)10(20)7-14-11-5-6-12-15-17-18-19(12)16-11/h1-6,10,20H,7H2,(H,14,16)/t10-/m0/s1. The number of aliphatic hydroxyl groups excluding tert-OH is 1. The Hall–Kier alpha value is -2.25. The lowest BCUT2D eigenvalue weighted by atomic mass is 10.1. The van der Waals surface area contributed by atoms with Crippen LogP contribution in [0.2, 0.25) is 5.02 Å². The Morgan fingerprint density at radius 2 is 2.00 bits per heavy atom. The van der Waals surface area contributed by atoms with Gasteiger partial charge in [0.1, 0.15) is 5.82 Å². The summed E-state index contributed by atoms with van der Waals surface area (Å²) >= 11 is 5.81. The molecule has 0 radical (unpaired) electrons. The molecule has 3 rings (SSSR count). The van der Waals surface area contributed by atoms with Crippen molar-refractivity contribution >= 4 is 23.1 Å². The van der Waals surface area contributed by atoms with Crippen molar-refractivity contribution in [3.63, 3.8) is 0 Å². The number of hydrogen-bond donors (Lipinski definition) is 2. The minimum atomic E-state index is -0.654. The molecule has 0 amide bonds. The van der Waals surface area contributed by atoms with Crippen LogP contribution in [-0.2, 0) is 0 Å². The van der Waals surface area contributed by atoms with Gasteiger partial charge < -0.3 is 10.4 Å². The van der Waals surface area contributed by atoms with Gasteiger partial charge in [-0.2, -0.15) is 0 Å². The molecule has 0 unspecified atom stereocenters. The van der Waals surface area contributed by atoms with Gasteiger partial charge in [0.25, 0.3) is 0 Å². The number of aromatic nitrogens is 5. The minimum absolute atomic E-state index is 0.322. The number of hydrogen-bond acceptors (Lipinski definition) is 6. The van der Waals surface area contributed by atoms with E-state index in [1.807, 2.05) is 0 Å². The van der Waals surface area contributed by atoms with Crippen molar-refractivity contribution in [3.05, 3.63) is 47.0 Å². The van der Waals surface area contributed by atoms with Crippen LogP contribution in [0.3, 0.4) is 0 Å². The normalized spacial score (nSPS) is 12.5. The molecule has 0 saturated heterocycles. The Morgan fingerprint density at radius 3 is 2.80 bits per heavy atom. The molecule has 0 aliphatic carbocycles. The maximum Gasteiger partial charge on any atom is 0.200 e. The first-order chi connectivity index (χ1) is 9.72. The average molecular weight is 291 g/mol. The first-order valence-corrected chi connectivity index (χ1v) is 6.33. The van der Waals surface area contributed by atoms with Crippen molar-refractivity contribution in [2.75, 3.05) is 11.9 Å². The number of halogens is 1. The second kappa shape index (κ2) is 5.40. The predicted molar refractivity (Wildman–Crippen MR) is 73.5 cm³/mol. The number of tetrazole rings is 1. The van der Waals surface area contributed by atoms with Gasteiger partial charge in [-0.15, -0.1) is 14.8 Å². The van der Waals surface area contributed by atoms with E-state index < -0.39 is 6.10 Å². The van der Waals surface area contributed by atoms with E-state index >= 15 is 0 Å². The molecule has 2 aromatic heterocycles. The minimum Gasteiger partial charge on any atom is -0.387 e. The summed E-state index contributed by atoms with van der Waals surface area (Å²) in [6.45, 7) is 0.322. The van der Waals surface area contributed by atoms with Crippen molar-refractivity contribution in [3.8, 4) is 0 Å². The number of rotatable bonds is 4. The number of aliphatic hydroxyl groups is 1. The first kappa shape index (κ1) is 12.8. The lowest BCUT2D eigenvalue weighted by molar-refractivity contribution is 0.191. The van der Waals surface area contributed by atoms with E-state index in [1.165, 1.54) is 4.63 Å². The third-order valence-corrected chi connectivity index (χ3v) is 3.05. The Bertz CT molecular complexity index is 713. The number of nitrogens with one attached hydrogen (secondary N) is 1. The van der Waals surface area contributed by atoms with Gasteiger partial charge in [0.05, 0.1) is 6.10 Å². The molecule has 1 atom stereocenters. The van der Waals surface area contributed by atoms with Crippen molar-refractivity contribution in [2.45, 2.75) is 6.10 Å². The lowest BCUT2D eigenvalue weighted by Crippen LogP contribution is -2.13. The molecule has 0 aliphatic rings. The Morgan fingerprint density at radius 1 is 1.20 bits per heavy atom. The Kier molecular flexibility index (Phi) is 3.44. The molecular weight excluding hydrogens is 280 g/mol. The topological polar surface area (TPSA) is 88.2 Å². The molecule has 0 saturated carbocycles. The summed E-state index contributed by atoms with van der Waals surface area (Å²) in [6.07, 6.45) is -0.654. The smallest absolute Gasteiger partial charge is 0.200 e. The van der Waals surface area contributed by atoms with Gasteiger partial charge in [0, 0.05) is 11.6 Å². The van der Waals surface area contributed by atoms with E-state index in [4.69, 9.17) is 11.6 Å². The quantitative estimate of drug-likeness (QED) is 0.753. The predicted octanol–water partition coefficient (Wildman–Crippen LogP) is 1.32. The SMILES string of the molecule is O[C@@H](CNc1ccc2nnnn2n1)c1ccc(Cl)cc1. The summed E-state index contributed by atoms with van der Waals surface area (Å²) in [5.41, 5.74) is 1.35. The maximum absolute atomic E-state index is 10.1. The van der Waals surface area contributed by atoms with Crippen molar-refractivity contribution in [2.24, 2.45) is 0 Å². The van der Waals surface area contributed by atoms with Gasteiger partial charge in [-0.05, 0) is 40.3 Å². The fourth-order valence-corrected chi connectivity index (χ4v) is 1.87. The molecule has 0 fully saturated rings. The summed E-state index contributed by atoms with van der Waals surface area (Å²) in [7, 11) is 0. The summed E-state index contributed by atoms with van der Waals surface area (Å²) in [4.78, 5) is 0. The van der Waals surface area contributed by atoms with Crippen LogP contribution < -0.4 is 5.32 Å². The van der Waals surface area contributed by atoms with Crippen molar-refractivity contribution in [1.29, 1.82) is 0 Å². The van der Waals surface area contributed by atoms with Crippen LogP contribution in [0.5, 0.6) is 0 Å². The zero-order valence-corrected chi connectivity index (χ0v) is 11.1. The highest BCUT2D eigenvalue weighted by atomic mass is 35.5. The molecule has 7 nitrogen and oxygen atoms in total. The molecule has 2 N–H and O–H groups in total. The van der Waals surface area contributed by atoms with Gasteiger partial charge in [-0.25, -0.2) is 0 Å². The number of anilines is 1. The first-order valence-electron chi connectivity index (χ1n) is 5.95. The summed E-state index contributed by atoms with van der Waals surface area (Å²) in [5.74, 6) is 0.581. The van der Waals surface area contributed by atoms with Gasteiger partial charge in [-0.3, -0.25) is 0 Å². The van der Waals surface area contributed by atoms with Crippen LogP contribution in [0.4, 0.5) is 5.82 Å². The highest BCUT2D eigenvalue weighted by Crippen LogP contribution is 2.16.